The number of nitrogens with zero attached hydrogens (tertiary/aromatic N) is 4. The molecule has 0 saturated carbocycles. The molecule has 1 atom stereocenters. The van der Waals surface area contributed by atoms with E-state index in [0.29, 0.717) is 12.1 Å². The van der Waals surface area contributed by atoms with Crippen LogP contribution in [0.3, 0.4) is 0 Å². The Morgan fingerprint density at radius 1 is 1.36 bits per heavy atom. The zero-order chi connectivity index (χ0) is 15.2. The van der Waals surface area contributed by atoms with Crippen molar-refractivity contribution >= 4 is 0 Å². The first kappa shape index (κ1) is 15.9. The second-order valence-electron chi connectivity index (χ2n) is 6.54. The summed E-state index contributed by atoms with van der Waals surface area (Å²) >= 11 is 0. The number of nitrogens with one attached hydrogen (secondary N) is 1. The number of hydrogen-bond donors (Lipinski definition) is 1. The predicted octanol–water partition coefficient (Wildman–Crippen LogP) is 1.59. The van der Waals surface area contributed by atoms with Crippen LogP contribution in [0.2, 0.25) is 0 Å². The molecule has 124 valence electrons. The van der Waals surface area contributed by atoms with E-state index in [9.17, 15) is 0 Å². The van der Waals surface area contributed by atoms with Crippen LogP contribution in [0, 0.1) is 0 Å². The molecule has 22 heavy (non-hydrogen) atoms. The summed E-state index contributed by atoms with van der Waals surface area (Å²) in [6.07, 6.45) is 8.42. The third-order valence-corrected chi connectivity index (χ3v) is 4.65. The van der Waals surface area contributed by atoms with E-state index in [1.54, 1.807) is 0 Å². The van der Waals surface area contributed by atoms with Gasteiger partial charge in [0, 0.05) is 19.7 Å². The standard InChI is InChI=1S/C16H29N5O/c1-2-9-20(13-16-4-3-10-22-16)11-14-12-21(19-18-14)15-5-7-17-8-6-15/h12,15-17H,2-11,13H2,1H3. The molecule has 0 spiro atoms. The molecular weight excluding hydrogens is 278 g/mol. The van der Waals surface area contributed by atoms with Gasteiger partial charge in [-0.1, -0.05) is 12.1 Å². The zero-order valence-corrected chi connectivity index (χ0v) is 13.7. The molecule has 0 amide bonds. The monoisotopic (exact) mass is 307 g/mol. The maximum Gasteiger partial charge on any atom is 0.0967 e. The van der Waals surface area contributed by atoms with Gasteiger partial charge >= 0.3 is 0 Å². The van der Waals surface area contributed by atoms with E-state index in [0.717, 1.165) is 64.3 Å². The van der Waals surface area contributed by atoms with Crippen LogP contribution in [0.15, 0.2) is 6.20 Å². The smallest absolute Gasteiger partial charge is 0.0967 e. The van der Waals surface area contributed by atoms with Crippen LogP contribution >= 0.6 is 0 Å². The topological polar surface area (TPSA) is 55.2 Å². The zero-order valence-electron chi connectivity index (χ0n) is 13.7. The SMILES string of the molecule is CCCN(Cc1cn(C2CCNCC2)nn1)CC1CCCO1. The maximum absolute atomic E-state index is 5.78. The van der Waals surface area contributed by atoms with Crippen molar-refractivity contribution in [2.75, 3.05) is 32.8 Å². The number of piperidine rings is 1. The van der Waals surface area contributed by atoms with E-state index in [4.69, 9.17) is 4.74 Å². The van der Waals surface area contributed by atoms with Crippen LogP contribution in [0.4, 0.5) is 0 Å². The van der Waals surface area contributed by atoms with Gasteiger partial charge in [-0.3, -0.25) is 4.90 Å². The van der Waals surface area contributed by atoms with E-state index in [1.807, 2.05) is 0 Å². The fraction of sp³-hybridized carbons (Fsp3) is 0.875. The van der Waals surface area contributed by atoms with Crippen LogP contribution in [-0.4, -0.2) is 58.8 Å². The Balaban J connectivity index is 1.56. The lowest BCUT2D eigenvalue weighted by molar-refractivity contribution is 0.0702. The second-order valence-corrected chi connectivity index (χ2v) is 6.54. The van der Waals surface area contributed by atoms with Crippen molar-refractivity contribution in [3.63, 3.8) is 0 Å². The molecule has 0 radical (unpaired) electrons. The van der Waals surface area contributed by atoms with Crippen molar-refractivity contribution < 1.29 is 4.74 Å². The molecule has 2 fully saturated rings. The summed E-state index contributed by atoms with van der Waals surface area (Å²) in [6.45, 7) is 8.33. The molecule has 1 unspecified atom stereocenters. The highest BCUT2D eigenvalue weighted by Gasteiger charge is 2.21. The van der Waals surface area contributed by atoms with Crippen molar-refractivity contribution in [3.05, 3.63) is 11.9 Å². The minimum Gasteiger partial charge on any atom is -0.377 e. The Bertz CT molecular complexity index is 437. The first-order valence-corrected chi connectivity index (χ1v) is 8.80. The molecule has 0 aliphatic carbocycles. The van der Waals surface area contributed by atoms with Crippen LogP contribution in [-0.2, 0) is 11.3 Å². The summed E-state index contributed by atoms with van der Waals surface area (Å²) in [7, 11) is 0. The lowest BCUT2D eigenvalue weighted by atomic mass is 10.1. The minimum atomic E-state index is 0.408. The highest BCUT2D eigenvalue weighted by Crippen LogP contribution is 2.18. The summed E-state index contributed by atoms with van der Waals surface area (Å²) < 4.78 is 7.85. The molecule has 1 aromatic rings. The van der Waals surface area contributed by atoms with E-state index in [2.05, 4.69) is 38.3 Å². The van der Waals surface area contributed by atoms with Crippen LogP contribution in [0.5, 0.6) is 0 Å². The lowest BCUT2D eigenvalue weighted by Gasteiger charge is -2.24. The van der Waals surface area contributed by atoms with Crippen molar-refractivity contribution in [2.24, 2.45) is 0 Å². The summed E-state index contributed by atoms with van der Waals surface area (Å²) in [5.74, 6) is 0. The van der Waals surface area contributed by atoms with Gasteiger partial charge in [-0.25, -0.2) is 4.68 Å². The highest BCUT2D eigenvalue weighted by atomic mass is 16.5. The normalized spacial score (nSPS) is 23.5. The average Bonchev–Trinajstić information content (AvgIpc) is 3.20. The molecule has 2 aliphatic heterocycles. The van der Waals surface area contributed by atoms with Gasteiger partial charge in [0.1, 0.15) is 0 Å². The molecule has 6 nitrogen and oxygen atoms in total. The Kier molecular flexibility index (Phi) is 5.81. The predicted molar refractivity (Wildman–Crippen MR) is 85.7 cm³/mol. The summed E-state index contributed by atoms with van der Waals surface area (Å²) in [5, 5.41) is 12.2. The Morgan fingerprint density at radius 3 is 2.95 bits per heavy atom. The van der Waals surface area contributed by atoms with Gasteiger partial charge in [0.15, 0.2) is 0 Å². The van der Waals surface area contributed by atoms with Gasteiger partial charge in [0.25, 0.3) is 0 Å². The van der Waals surface area contributed by atoms with Crippen molar-refractivity contribution in [1.82, 2.24) is 25.2 Å². The Morgan fingerprint density at radius 2 is 2.23 bits per heavy atom. The van der Waals surface area contributed by atoms with Crippen LogP contribution < -0.4 is 5.32 Å². The molecular formula is C16H29N5O. The van der Waals surface area contributed by atoms with Crippen LogP contribution in [0.1, 0.15) is 50.8 Å². The van der Waals surface area contributed by atoms with E-state index in [-0.39, 0.29) is 0 Å². The maximum atomic E-state index is 5.78. The molecule has 3 heterocycles. The number of aromatic nitrogens is 3. The first-order valence-electron chi connectivity index (χ1n) is 8.80. The Hall–Kier alpha value is -0.980. The summed E-state index contributed by atoms with van der Waals surface area (Å²) in [4.78, 5) is 2.47. The van der Waals surface area contributed by atoms with Crippen molar-refractivity contribution in [3.8, 4) is 0 Å². The Labute approximate surface area is 133 Å². The van der Waals surface area contributed by atoms with Crippen LogP contribution in [0.25, 0.3) is 0 Å². The van der Waals surface area contributed by atoms with E-state index >= 15 is 0 Å². The minimum absolute atomic E-state index is 0.408. The van der Waals surface area contributed by atoms with E-state index < -0.39 is 0 Å². The molecule has 1 aromatic heterocycles. The largest absolute Gasteiger partial charge is 0.377 e. The fourth-order valence-electron chi connectivity index (χ4n) is 3.49. The molecule has 2 aliphatic rings. The molecule has 2 saturated heterocycles. The third-order valence-electron chi connectivity index (χ3n) is 4.65. The van der Waals surface area contributed by atoms with Gasteiger partial charge in [-0.15, -0.1) is 5.10 Å². The van der Waals surface area contributed by atoms with Crippen molar-refractivity contribution in [1.29, 1.82) is 0 Å². The fourth-order valence-corrected chi connectivity index (χ4v) is 3.49. The number of ether oxygens (including phenoxy) is 1. The third kappa shape index (κ3) is 4.27. The molecule has 1 N–H and O–H groups in total. The quantitative estimate of drug-likeness (QED) is 0.829. The van der Waals surface area contributed by atoms with Gasteiger partial charge in [0.2, 0.25) is 0 Å². The van der Waals surface area contributed by atoms with Gasteiger partial charge in [0.05, 0.1) is 24.0 Å². The van der Waals surface area contributed by atoms with Gasteiger partial charge in [-0.2, -0.15) is 0 Å². The highest BCUT2D eigenvalue weighted by molar-refractivity contribution is 4.94. The second kappa shape index (κ2) is 8.04. The number of hydrogen-bond acceptors (Lipinski definition) is 5. The van der Waals surface area contributed by atoms with Crippen molar-refractivity contribution in [2.45, 2.75) is 57.7 Å². The number of rotatable bonds is 7. The molecule has 3 rings (SSSR count). The average molecular weight is 307 g/mol. The summed E-state index contributed by atoms with van der Waals surface area (Å²) in [6, 6.07) is 0.514. The summed E-state index contributed by atoms with van der Waals surface area (Å²) in [5.41, 5.74) is 1.09. The van der Waals surface area contributed by atoms with E-state index in [1.165, 1.54) is 12.8 Å². The van der Waals surface area contributed by atoms with Gasteiger partial charge < -0.3 is 10.1 Å². The van der Waals surface area contributed by atoms with Gasteiger partial charge in [-0.05, 0) is 51.7 Å². The first-order chi connectivity index (χ1) is 10.8. The molecule has 6 heteroatoms. The molecule has 0 aromatic carbocycles. The lowest BCUT2D eigenvalue weighted by Crippen LogP contribution is -2.32. The molecule has 0 bridgehead atoms.